The van der Waals surface area contributed by atoms with E-state index in [1.54, 1.807) is 0 Å². The van der Waals surface area contributed by atoms with Crippen molar-refractivity contribution in [1.29, 1.82) is 0 Å². The number of nitrogens with zero attached hydrogens (tertiary/aromatic N) is 3. The van der Waals surface area contributed by atoms with Crippen LogP contribution in [-0.4, -0.2) is 61.0 Å². The van der Waals surface area contributed by atoms with Crippen molar-refractivity contribution in [3.8, 4) is 5.88 Å². The summed E-state index contributed by atoms with van der Waals surface area (Å²) in [5.74, 6) is -1.55. The van der Waals surface area contributed by atoms with Crippen molar-refractivity contribution < 1.29 is 41.0 Å². The van der Waals surface area contributed by atoms with Crippen molar-refractivity contribution in [3.63, 3.8) is 0 Å². The molecule has 0 radical (unpaired) electrons. The SMILES string of the molecule is O=C(O)CC1CCCCN1C(=O)c1cnc2c(c1)N(S(=O)(=O)c1ccc(C(F)(F)F)cc1)CCO2. The Morgan fingerprint density at radius 1 is 1.14 bits per heavy atom. The van der Waals surface area contributed by atoms with Crippen LogP contribution >= 0.6 is 0 Å². The lowest BCUT2D eigenvalue weighted by molar-refractivity contribution is -0.139. The molecule has 2 aliphatic rings. The van der Waals surface area contributed by atoms with Crippen molar-refractivity contribution in [2.75, 3.05) is 24.0 Å². The first-order chi connectivity index (χ1) is 16.5. The van der Waals surface area contributed by atoms with E-state index < -0.39 is 39.7 Å². The molecule has 1 unspecified atom stereocenters. The van der Waals surface area contributed by atoms with Gasteiger partial charge in [0, 0.05) is 18.8 Å². The van der Waals surface area contributed by atoms with Gasteiger partial charge in [-0.15, -0.1) is 0 Å². The molecule has 0 bridgehead atoms. The Balaban J connectivity index is 1.66. The van der Waals surface area contributed by atoms with Gasteiger partial charge in [-0.25, -0.2) is 13.4 Å². The number of ether oxygens (including phenoxy) is 1. The van der Waals surface area contributed by atoms with Crippen molar-refractivity contribution in [3.05, 3.63) is 47.7 Å². The largest absolute Gasteiger partial charge is 0.481 e. The fraction of sp³-hybridized carbons (Fsp3) is 0.409. The fourth-order valence-electron chi connectivity index (χ4n) is 4.23. The summed E-state index contributed by atoms with van der Waals surface area (Å²) in [5.41, 5.74) is -0.946. The van der Waals surface area contributed by atoms with Crippen LogP contribution in [0.15, 0.2) is 41.4 Å². The number of hydrogen-bond acceptors (Lipinski definition) is 6. The second kappa shape index (κ2) is 9.36. The van der Waals surface area contributed by atoms with Gasteiger partial charge in [0.1, 0.15) is 12.3 Å². The number of aliphatic carboxylic acids is 1. The highest BCUT2D eigenvalue weighted by Gasteiger charge is 2.35. The van der Waals surface area contributed by atoms with Gasteiger partial charge in [-0.3, -0.25) is 13.9 Å². The van der Waals surface area contributed by atoms with Crippen molar-refractivity contribution in [2.24, 2.45) is 0 Å². The first kappa shape index (κ1) is 24.8. The summed E-state index contributed by atoms with van der Waals surface area (Å²) < 4.78 is 71.6. The maximum absolute atomic E-state index is 13.3. The molecule has 3 heterocycles. The third kappa shape index (κ3) is 5.04. The van der Waals surface area contributed by atoms with Gasteiger partial charge in [-0.1, -0.05) is 0 Å². The van der Waals surface area contributed by atoms with E-state index in [9.17, 15) is 36.3 Å². The summed E-state index contributed by atoms with van der Waals surface area (Å²) in [7, 11) is -4.29. The zero-order valence-electron chi connectivity index (χ0n) is 18.4. The second-order valence-corrected chi connectivity index (χ2v) is 10.1. The Labute approximate surface area is 199 Å². The van der Waals surface area contributed by atoms with Gasteiger partial charge in [0.25, 0.3) is 15.9 Å². The molecule has 188 valence electrons. The molecule has 0 saturated carbocycles. The minimum Gasteiger partial charge on any atom is -0.481 e. The van der Waals surface area contributed by atoms with Crippen LogP contribution in [0, 0.1) is 0 Å². The third-order valence-corrected chi connectivity index (χ3v) is 7.78. The molecular formula is C22H22F3N3O6S. The third-order valence-electron chi connectivity index (χ3n) is 5.95. The van der Waals surface area contributed by atoms with Gasteiger partial charge in [0.2, 0.25) is 5.88 Å². The minimum absolute atomic E-state index is 0.0196. The number of carboxylic acid groups (broad SMARTS) is 1. The lowest BCUT2D eigenvalue weighted by Gasteiger charge is -2.35. The van der Waals surface area contributed by atoms with Gasteiger partial charge in [0.15, 0.2) is 0 Å². The number of carboxylic acids is 1. The quantitative estimate of drug-likeness (QED) is 0.653. The van der Waals surface area contributed by atoms with Crippen molar-refractivity contribution in [1.82, 2.24) is 9.88 Å². The van der Waals surface area contributed by atoms with Gasteiger partial charge in [-0.2, -0.15) is 13.2 Å². The Hall–Kier alpha value is -3.35. The summed E-state index contributed by atoms with van der Waals surface area (Å²) in [6.45, 7) is 0.179. The normalized spacial score (nSPS) is 18.5. The summed E-state index contributed by atoms with van der Waals surface area (Å²) >= 11 is 0. The van der Waals surface area contributed by atoms with Gasteiger partial charge >= 0.3 is 12.1 Å². The lowest BCUT2D eigenvalue weighted by Crippen LogP contribution is -2.45. The number of benzene rings is 1. The highest BCUT2D eigenvalue weighted by atomic mass is 32.2. The van der Waals surface area contributed by atoms with E-state index in [4.69, 9.17) is 4.74 Å². The number of alkyl halides is 3. The molecule has 2 aromatic rings. The predicted molar refractivity (Wildman–Crippen MR) is 117 cm³/mol. The molecule has 13 heteroatoms. The standard InChI is InChI=1S/C22H22F3N3O6S/c23-22(24,25)15-4-6-17(7-5-15)35(32,33)28-9-10-34-20-18(28)11-14(13-26-20)21(31)27-8-2-1-3-16(27)12-19(29)30/h4-7,11,13,16H,1-3,8-10,12H2,(H,29,30). The topological polar surface area (TPSA) is 117 Å². The number of carbonyl (C=O) groups excluding carboxylic acids is 1. The van der Waals surface area contributed by atoms with E-state index in [2.05, 4.69) is 4.98 Å². The second-order valence-electron chi connectivity index (χ2n) is 8.24. The number of sulfonamides is 1. The smallest absolute Gasteiger partial charge is 0.416 e. The molecule has 0 spiro atoms. The Bertz CT molecular complexity index is 1230. The van der Waals surface area contributed by atoms with Crippen LogP contribution < -0.4 is 9.04 Å². The van der Waals surface area contributed by atoms with Crippen LogP contribution in [0.4, 0.5) is 18.9 Å². The van der Waals surface area contributed by atoms with Crippen LogP contribution in [0.1, 0.15) is 41.6 Å². The van der Waals surface area contributed by atoms with E-state index in [-0.39, 0.29) is 41.6 Å². The fourth-order valence-corrected chi connectivity index (χ4v) is 5.67. The molecule has 1 saturated heterocycles. The lowest BCUT2D eigenvalue weighted by atomic mass is 9.98. The van der Waals surface area contributed by atoms with Gasteiger partial charge in [-0.05, 0) is 49.6 Å². The average Bonchev–Trinajstić information content (AvgIpc) is 2.82. The zero-order valence-corrected chi connectivity index (χ0v) is 19.2. The van der Waals surface area contributed by atoms with E-state index in [0.29, 0.717) is 31.5 Å². The van der Waals surface area contributed by atoms with Gasteiger partial charge < -0.3 is 14.7 Å². The summed E-state index contributed by atoms with van der Waals surface area (Å²) in [4.78, 5) is 29.6. The molecule has 1 atom stereocenters. The van der Waals surface area contributed by atoms with Crippen LogP contribution in [0.25, 0.3) is 0 Å². The van der Waals surface area contributed by atoms with Crippen LogP contribution in [0.3, 0.4) is 0 Å². The number of piperidine rings is 1. The van der Waals surface area contributed by atoms with E-state index >= 15 is 0 Å². The first-order valence-electron chi connectivity index (χ1n) is 10.8. The number of rotatable bonds is 5. The molecule has 9 nitrogen and oxygen atoms in total. The van der Waals surface area contributed by atoms with E-state index in [1.165, 1.54) is 17.2 Å². The van der Waals surface area contributed by atoms with Crippen molar-refractivity contribution >= 4 is 27.6 Å². The number of fused-ring (bicyclic) bond motifs is 1. The number of anilines is 1. The number of halogens is 3. The maximum Gasteiger partial charge on any atom is 0.416 e. The summed E-state index contributed by atoms with van der Waals surface area (Å²) in [5, 5.41) is 9.19. The maximum atomic E-state index is 13.3. The molecule has 2 aliphatic heterocycles. The average molecular weight is 513 g/mol. The monoisotopic (exact) mass is 513 g/mol. The molecular weight excluding hydrogens is 491 g/mol. The minimum atomic E-state index is -4.61. The van der Waals surface area contributed by atoms with E-state index in [0.717, 1.165) is 22.9 Å². The number of aromatic nitrogens is 1. The van der Waals surface area contributed by atoms with E-state index in [1.807, 2.05) is 0 Å². The Kier molecular flexibility index (Phi) is 6.62. The van der Waals surface area contributed by atoms with Crippen LogP contribution in [-0.2, 0) is 21.0 Å². The highest BCUT2D eigenvalue weighted by Crippen LogP contribution is 2.36. The molecule has 1 amide bonds. The molecule has 35 heavy (non-hydrogen) atoms. The number of amides is 1. The Morgan fingerprint density at radius 2 is 1.86 bits per heavy atom. The highest BCUT2D eigenvalue weighted by molar-refractivity contribution is 7.92. The zero-order chi connectivity index (χ0) is 25.4. The predicted octanol–water partition coefficient (Wildman–Crippen LogP) is 3.16. The summed E-state index contributed by atoms with van der Waals surface area (Å²) in [6.07, 6.45) is -1.55. The van der Waals surface area contributed by atoms with Crippen LogP contribution in [0.2, 0.25) is 0 Å². The molecule has 1 fully saturated rings. The molecule has 4 rings (SSSR count). The first-order valence-corrected chi connectivity index (χ1v) is 12.3. The molecule has 1 aromatic carbocycles. The number of pyridine rings is 1. The van der Waals surface area contributed by atoms with Gasteiger partial charge in [0.05, 0.1) is 29.0 Å². The van der Waals surface area contributed by atoms with Crippen molar-refractivity contribution in [2.45, 2.75) is 42.8 Å². The molecule has 1 aromatic heterocycles. The molecule has 1 N–H and O–H groups in total. The number of carbonyl (C=O) groups is 2. The molecule has 0 aliphatic carbocycles. The summed E-state index contributed by atoms with van der Waals surface area (Å²) in [6, 6.07) is 3.93. The number of likely N-dealkylation sites (tertiary alicyclic amines) is 1. The Morgan fingerprint density at radius 3 is 2.51 bits per heavy atom. The number of hydrogen-bond donors (Lipinski definition) is 1. The van der Waals surface area contributed by atoms with Crippen LogP contribution in [0.5, 0.6) is 5.88 Å².